The summed E-state index contributed by atoms with van der Waals surface area (Å²) in [7, 11) is 1.35. The number of hydrogen-bond donors (Lipinski definition) is 0. The maximum Gasteiger partial charge on any atom is 0.311 e. The number of nitro benzene ring substituents is 1. The van der Waals surface area contributed by atoms with Crippen molar-refractivity contribution < 1.29 is 19.2 Å². The Labute approximate surface area is 154 Å². The first-order valence-electron chi connectivity index (χ1n) is 8.94. The number of allylic oxidation sites excluding steroid dienone is 2. The SMILES string of the molecule is COc1ccc(/C=N\N2C(=O)[C@H]3[C@@H]4C=C[C@@H]([C@H]5C[C@H]45)[C@@H]3C2=O)cc1[N+](=O)[O-]. The van der Waals surface area contributed by atoms with Crippen LogP contribution in [0.5, 0.6) is 5.75 Å². The summed E-state index contributed by atoms with van der Waals surface area (Å²) in [5, 5.41) is 16.2. The minimum atomic E-state index is -0.549. The van der Waals surface area contributed by atoms with Crippen molar-refractivity contribution in [2.45, 2.75) is 6.42 Å². The number of carbonyl (C=O) groups excluding carboxylic acids is 2. The Kier molecular flexibility index (Phi) is 3.28. The van der Waals surface area contributed by atoms with Crippen LogP contribution in [-0.2, 0) is 9.59 Å². The van der Waals surface area contributed by atoms with E-state index in [2.05, 4.69) is 17.3 Å². The van der Waals surface area contributed by atoms with Gasteiger partial charge in [0.05, 0.1) is 30.1 Å². The number of nitro groups is 1. The van der Waals surface area contributed by atoms with Gasteiger partial charge in [-0.3, -0.25) is 19.7 Å². The molecule has 0 spiro atoms. The molecule has 1 saturated heterocycles. The van der Waals surface area contributed by atoms with Crippen molar-refractivity contribution >= 4 is 23.7 Å². The molecule has 1 aromatic rings. The molecule has 2 bridgehead atoms. The largest absolute Gasteiger partial charge is 0.490 e. The topological polar surface area (TPSA) is 102 Å². The third-order valence-corrected chi connectivity index (χ3v) is 6.36. The Bertz CT molecular complexity index is 903. The minimum absolute atomic E-state index is 0.137. The average molecular weight is 367 g/mol. The number of carbonyl (C=O) groups is 2. The van der Waals surface area contributed by atoms with Gasteiger partial charge in [0.1, 0.15) is 0 Å². The maximum absolute atomic E-state index is 12.8. The fraction of sp³-hybridized carbons (Fsp3) is 0.421. The molecule has 8 nitrogen and oxygen atoms in total. The molecule has 8 heteroatoms. The Morgan fingerprint density at radius 3 is 2.37 bits per heavy atom. The van der Waals surface area contributed by atoms with Crippen LogP contribution in [-0.4, -0.2) is 35.1 Å². The zero-order valence-electron chi connectivity index (χ0n) is 14.5. The van der Waals surface area contributed by atoms with Crippen LogP contribution in [0.2, 0.25) is 0 Å². The Balaban J connectivity index is 1.42. The normalized spacial score (nSPS) is 35.5. The molecule has 1 aliphatic heterocycles. The zero-order chi connectivity index (χ0) is 18.9. The van der Waals surface area contributed by atoms with Crippen LogP contribution in [0.3, 0.4) is 0 Å². The summed E-state index contributed by atoms with van der Waals surface area (Å²) in [5.41, 5.74) is 0.221. The molecule has 1 heterocycles. The molecule has 2 saturated carbocycles. The number of hydrogen-bond acceptors (Lipinski definition) is 6. The number of methoxy groups -OCH3 is 1. The van der Waals surface area contributed by atoms with Crippen LogP contribution in [0.4, 0.5) is 5.69 Å². The van der Waals surface area contributed by atoms with Gasteiger partial charge in [-0.15, -0.1) is 0 Å². The second-order valence-corrected chi connectivity index (χ2v) is 7.58. The summed E-state index contributed by atoms with van der Waals surface area (Å²) in [5.74, 6) is 0.364. The number of amides is 2. The minimum Gasteiger partial charge on any atom is -0.490 e. The zero-order valence-corrected chi connectivity index (χ0v) is 14.5. The highest BCUT2D eigenvalue weighted by atomic mass is 16.6. The second kappa shape index (κ2) is 5.48. The summed E-state index contributed by atoms with van der Waals surface area (Å²) in [4.78, 5) is 36.2. The van der Waals surface area contributed by atoms with Crippen LogP contribution in [0.25, 0.3) is 0 Å². The first kappa shape index (κ1) is 16.2. The summed E-state index contributed by atoms with van der Waals surface area (Å²) in [6.07, 6.45) is 6.63. The highest BCUT2D eigenvalue weighted by Gasteiger charge is 2.67. The van der Waals surface area contributed by atoms with Crippen molar-refractivity contribution in [2.75, 3.05) is 7.11 Å². The molecule has 3 fully saturated rings. The first-order valence-corrected chi connectivity index (χ1v) is 8.94. The van der Waals surface area contributed by atoms with Crippen molar-refractivity contribution in [1.82, 2.24) is 5.01 Å². The lowest BCUT2D eigenvalue weighted by molar-refractivity contribution is -0.385. The maximum atomic E-state index is 12.8. The van der Waals surface area contributed by atoms with E-state index < -0.39 is 4.92 Å². The molecule has 0 unspecified atom stereocenters. The number of imide groups is 1. The van der Waals surface area contributed by atoms with Gasteiger partial charge in [0.2, 0.25) is 0 Å². The van der Waals surface area contributed by atoms with E-state index >= 15 is 0 Å². The average Bonchev–Trinajstić information content (AvgIpc) is 3.45. The molecule has 0 N–H and O–H groups in total. The first-order chi connectivity index (χ1) is 13.0. The molecular formula is C19H17N3O5. The van der Waals surface area contributed by atoms with E-state index in [1.807, 2.05) is 0 Å². The van der Waals surface area contributed by atoms with Crippen molar-refractivity contribution in [3.8, 4) is 5.75 Å². The molecule has 6 rings (SSSR count). The molecule has 5 aliphatic rings. The summed E-state index contributed by atoms with van der Waals surface area (Å²) < 4.78 is 4.97. The molecule has 0 aromatic heterocycles. The third kappa shape index (κ3) is 2.19. The number of nitrogens with zero attached hydrogens (tertiary/aromatic N) is 3. The van der Waals surface area contributed by atoms with Crippen LogP contribution in [0, 0.1) is 45.6 Å². The summed E-state index contributed by atoms with van der Waals surface area (Å²) >= 11 is 0. The molecule has 27 heavy (non-hydrogen) atoms. The van der Waals surface area contributed by atoms with Crippen molar-refractivity contribution in [1.29, 1.82) is 0 Å². The highest BCUT2D eigenvalue weighted by Crippen LogP contribution is 2.65. The highest BCUT2D eigenvalue weighted by molar-refractivity contribution is 6.06. The number of benzene rings is 1. The van der Waals surface area contributed by atoms with Gasteiger partial charge in [-0.2, -0.15) is 10.1 Å². The fourth-order valence-corrected chi connectivity index (χ4v) is 5.11. The smallest absolute Gasteiger partial charge is 0.311 e. The summed E-state index contributed by atoms with van der Waals surface area (Å²) in [6, 6.07) is 4.36. The van der Waals surface area contributed by atoms with E-state index in [0.717, 1.165) is 11.4 Å². The molecule has 6 atom stereocenters. The lowest BCUT2D eigenvalue weighted by atomic mass is 9.63. The van der Waals surface area contributed by atoms with Crippen molar-refractivity contribution in [3.05, 3.63) is 46.0 Å². The number of ether oxygens (including phenoxy) is 1. The standard InChI is InChI=1S/C19H17N3O5/c1-27-15-5-2-9(6-14(15)22(25)26)8-20-21-18(23)16-10-3-4-11(13-7-12(10)13)17(16)19(21)24/h2-6,8,10-13,16-17H,7H2,1H3/b20-8-/t10-,11+,12-,13-,16+,17+/m1/s1. The van der Waals surface area contributed by atoms with Crippen LogP contribution in [0.15, 0.2) is 35.5 Å². The molecular weight excluding hydrogens is 350 g/mol. The Morgan fingerprint density at radius 2 is 1.81 bits per heavy atom. The number of rotatable bonds is 4. The lowest BCUT2D eigenvalue weighted by Gasteiger charge is -2.37. The fourth-order valence-electron chi connectivity index (χ4n) is 5.11. The molecule has 4 aliphatic carbocycles. The third-order valence-electron chi connectivity index (χ3n) is 6.36. The Hall–Kier alpha value is -3.03. The monoisotopic (exact) mass is 367 g/mol. The predicted octanol–water partition coefficient (Wildman–Crippen LogP) is 1.99. The van der Waals surface area contributed by atoms with Gasteiger partial charge in [0.25, 0.3) is 11.8 Å². The molecule has 1 aromatic carbocycles. The second-order valence-electron chi connectivity index (χ2n) is 7.58. The van der Waals surface area contributed by atoms with Gasteiger partial charge in [-0.1, -0.05) is 12.2 Å². The quantitative estimate of drug-likeness (QED) is 0.266. The van der Waals surface area contributed by atoms with Gasteiger partial charge in [-0.25, -0.2) is 0 Å². The lowest BCUT2D eigenvalue weighted by Crippen LogP contribution is -2.40. The summed E-state index contributed by atoms with van der Waals surface area (Å²) in [6.45, 7) is 0. The van der Waals surface area contributed by atoms with Crippen molar-refractivity contribution in [3.63, 3.8) is 0 Å². The van der Waals surface area contributed by atoms with Gasteiger partial charge < -0.3 is 4.74 Å². The Morgan fingerprint density at radius 1 is 1.19 bits per heavy atom. The van der Waals surface area contributed by atoms with Gasteiger partial charge in [0.15, 0.2) is 5.75 Å². The van der Waals surface area contributed by atoms with Gasteiger partial charge in [0, 0.05) is 11.6 Å². The van der Waals surface area contributed by atoms with Crippen LogP contribution < -0.4 is 4.74 Å². The number of hydrazone groups is 1. The van der Waals surface area contributed by atoms with E-state index in [4.69, 9.17) is 4.74 Å². The van der Waals surface area contributed by atoms with E-state index in [9.17, 15) is 19.7 Å². The van der Waals surface area contributed by atoms with Crippen LogP contribution in [0.1, 0.15) is 12.0 Å². The van der Waals surface area contributed by atoms with E-state index in [1.54, 1.807) is 6.07 Å². The van der Waals surface area contributed by atoms with E-state index in [1.165, 1.54) is 25.5 Å². The molecule has 138 valence electrons. The van der Waals surface area contributed by atoms with Gasteiger partial charge >= 0.3 is 5.69 Å². The van der Waals surface area contributed by atoms with Crippen LogP contribution >= 0.6 is 0 Å². The van der Waals surface area contributed by atoms with Gasteiger partial charge in [-0.05, 0) is 42.2 Å². The molecule has 2 amide bonds. The van der Waals surface area contributed by atoms with E-state index in [0.29, 0.717) is 17.4 Å². The van der Waals surface area contributed by atoms with E-state index in [-0.39, 0.29) is 46.9 Å². The molecule has 0 radical (unpaired) electrons. The predicted molar refractivity (Wildman–Crippen MR) is 93.8 cm³/mol. The van der Waals surface area contributed by atoms with Crippen molar-refractivity contribution in [2.24, 2.45) is 40.6 Å².